The highest BCUT2D eigenvalue weighted by molar-refractivity contribution is 5.47. The summed E-state index contributed by atoms with van der Waals surface area (Å²) in [5.74, 6) is 2.07. The maximum Gasteiger partial charge on any atom is 0.126 e. The number of hydrogen-bond acceptors (Lipinski definition) is 2. The molecule has 0 bridgehead atoms. The molecule has 0 heterocycles. The molecule has 0 aliphatic heterocycles. The average molecular weight is 281 g/mol. The fraction of sp³-hybridized carbons (Fsp3) is 0.368. The molecule has 1 aliphatic carbocycles. The van der Waals surface area contributed by atoms with Crippen molar-refractivity contribution in [2.24, 2.45) is 11.7 Å². The molecular formula is C19H23NO. The lowest BCUT2D eigenvalue weighted by Crippen LogP contribution is -2.15. The number of aryl methyl sites for hydroxylation is 1. The van der Waals surface area contributed by atoms with Gasteiger partial charge < -0.3 is 10.5 Å². The third kappa shape index (κ3) is 2.56. The molecule has 0 radical (unpaired) electrons. The third-order valence-electron chi connectivity index (χ3n) is 4.80. The molecule has 1 aliphatic rings. The van der Waals surface area contributed by atoms with Gasteiger partial charge in [-0.1, -0.05) is 42.5 Å². The Bertz CT molecular complexity index is 636. The van der Waals surface area contributed by atoms with Gasteiger partial charge in [0.05, 0.1) is 7.11 Å². The predicted molar refractivity (Wildman–Crippen MR) is 86.7 cm³/mol. The van der Waals surface area contributed by atoms with Gasteiger partial charge >= 0.3 is 0 Å². The first-order valence-corrected chi connectivity index (χ1v) is 7.58. The van der Waals surface area contributed by atoms with Gasteiger partial charge in [0.25, 0.3) is 0 Å². The van der Waals surface area contributed by atoms with Crippen LogP contribution >= 0.6 is 0 Å². The first kappa shape index (κ1) is 14.2. The minimum absolute atomic E-state index is 0.0458. The van der Waals surface area contributed by atoms with E-state index in [2.05, 4.69) is 56.3 Å². The highest BCUT2D eigenvalue weighted by Gasteiger charge is 2.43. The van der Waals surface area contributed by atoms with E-state index in [0.717, 1.165) is 11.3 Å². The lowest BCUT2D eigenvalue weighted by molar-refractivity contribution is 0.399. The van der Waals surface area contributed by atoms with E-state index in [1.165, 1.54) is 23.1 Å². The summed E-state index contributed by atoms with van der Waals surface area (Å²) in [4.78, 5) is 0. The minimum atomic E-state index is 0.0458. The molecule has 2 N–H and O–H groups in total. The predicted octanol–water partition coefficient (Wildman–Crippen LogP) is 4.12. The van der Waals surface area contributed by atoms with Crippen LogP contribution in [0.2, 0.25) is 0 Å². The molecule has 3 atom stereocenters. The van der Waals surface area contributed by atoms with Crippen LogP contribution in [0.3, 0.4) is 0 Å². The number of hydrogen-bond donors (Lipinski definition) is 1. The van der Waals surface area contributed by atoms with Gasteiger partial charge in [-0.05, 0) is 48.8 Å². The number of nitrogens with two attached hydrogens (primary N) is 1. The number of methoxy groups -OCH3 is 1. The van der Waals surface area contributed by atoms with Crippen molar-refractivity contribution in [3.8, 4) is 5.75 Å². The molecule has 0 spiro atoms. The van der Waals surface area contributed by atoms with E-state index in [-0.39, 0.29) is 6.04 Å². The summed E-state index contributed by atoms with van der Waals surface area (Å²) in [5, 5.41) is 0. The SMILES string of the molecule is COc1c(C(N)C2CC2c2ccccc2)ccc(C)c1C. The van der Waals surface area contributed by atoms with Crippen LogP contribution in [0.25, 0.3) is 0 Å². The molecule has 2 aromatic carbocycles. The second-order valence-corrected chi connectivity index (χ2v) is 6.07. The molecule has 0 amide bonds. The first-order valence-electron chi connectivity index (χ1n) is 7.58. The van der Waals surface area contributed by atoms with Crippen molar-refractivity contribution >= 4 is 0 Å². The van der Waals surface area contributed by atoms with Gasteiger partial charge in [0.2, 0.25) is 0 Å². The maximum absolute atomic E-state index is 6.54. The standard InChI is InChI=1S/C19H23NO/c1-12-9-10-15(19(21-3)13(12)2)18(20)17-11-16(17)14-7-5-4-6-8-14/h4-10,16-18H,11,20H2,1-3H3. The van der Waals surface area contributed by atoms with Crippen LogP contribution in [-0.2, 0) is 0 Å². The van der Waals surface area contributed by atoms with Gasteiger partial charge in [0.1, 0.15) is 5.75 Å². The first-order chi connectivity index (χ1) is 10.1. The van der Waals surface area contributed by atoms with Crippen LogP contribution in [0.4, 0.5) is 0 Å². The molecular weight excluding hydrogens is 258 g/mol. The zero-order chi connectivity index (χ0) is 15.0. The minimum Gasteiger partial charge on any atom is -0.496 e. The lowest BCUT2D eigenvalue weighted by atomic mass is 9.95. The Balaban J connectivity index is 1.85. The van der Waals surface area contributed by atoms with E-state index in [1.807, 2.05) is 0 Å². The molecule has 21 heavy (non-hydrogen) atoms. The molecule has 0 saturated heterocycles. The Kier molecular flexibility index (Phi) is 3.73. The van der Waals surface area contributed by atoms with E-state index >= 15 is 0 Å². The second kappa shape index (κ2) is 5.53. The molecule has 3 unspecified atom stereocenters. The maximum atomic E-state index is 6.54. The van der Waals surface area contributed by atoms with E-state index in [9.17, 15) is 0 Å². The number of benzene rings is 2. The van der Waals surface area contributed by atoms with Crippen molar-refractivity contribution in [1.29, 1.82) is 0 Å². The largest absolute Gasteiger partial charge is 0.496 e. The van der Waals surface area contributed by atoms with Crippen molar-refractivity contribution in [2.45, 2.75) is 32.2 Å². The van der Waals surface area contributed by atoms with Crippen LogP contribution in [0.15, 0.2) is 42.5 Å². The molecule has 1 saturated carbocycles. The van der Waals surface area contributed by atoms with Crippen molar-refractivity contribution in [1.82, 2.24) is 0 Å². The Morgan fingerprint density at radius 1 is 1.10 bits per heavy atom. The summed E-state index contributed by atoms with van der Waals surface area (Å²) in [6.45, 7) is 4.21. The van der Waals surface area contributed by atoms with Gasteiger partial charge in [0, 0.05) is 11.6 Å². The van der Waals surface area contributed by atoms with Gasteiger partial charge in [-0.3, -0.25) is 0 Å². The highest BCUT2D eigenvalue weighted by Crippen LogP contribution is 2.54. The van der Waals surface area contributed by atoms with Crippen LogP contribution in [0, 0.1) is 19.8 Å². The molecule has 110 valence electrons. The average Bonchev–Trinajstić information content (AvgIpc) is 3.30. The topological polar surface area (TPSA) is 35.2 Å². The third-order valence-corrected chi connectivity index (χ3v) is 4.80. The smallest absolute Gasteiger partial charge is 0.126 e. The highest BCUT2D eigenvalue weighted by atomic mass is 16.5. The summed E-state index contributed by atoms with van der Waals surface area (Å²) in [7, 11) is 1.74. The van der Waals surface area contributed by atoms with Gasteiger partial charge in [-0.15, -0.1) is 0 Å². The fourth-order valence-electron chi connectivity index (χ4n) is 3.27. The second-order valence-electron chi connectivity index (χ2n) is 6.07. The monoisotopic (exact) mass is 281 g/mol. The van der Waals surface area contributed by atoms with Crippen molar-refractivity contribution in [3.63, 3.8) is 0 Å². The summed E-state index contributed by atoms with van der Waals surface area (Å²) >= 11 is 0. The van der Waals surface area contributed by atoms with Crippen LogP contribution in [0.1, 0.15) is 40.6 Å². The quantitative estimate of drug-likeness (QED) is 0.915. The van der Waals surface area contributed by atoms with E-state index in [0.29, 0.717) is 11.8 Å². The van der Waals surface area contributed by atoms with E-state index in [1.54, 1.807) is 7.11 Å². The van der Waals surface area contributed by atoms with Gasteiger partial charge in [0.15, 0.2) is 0 Å². The number of rotatable bonds is 4. The van der Waals surface area contributed by atoms with E-state index in [4.69, 9.17) is 10.5 Å². The Morgan fingerprint density at radius 2 is 1.81 bits per heavy atom. The van der Waals surface area contributed by atoms with Crippen LogP contribution < -0.4 is 10.5 Å². The van der Waals surface area contributed by atoms with Crippen LogP contribution in [-0.4, -0.2) is 7.11 Å². The molecule has 0 aromatic heterocycles. The molecule has 2 nitrogen and oxygen atoms in total. The Labute approximate surface area is 126 Å². The van der Waals surface area contributed by atoms with Gasteiger partial charge in [-0.2, -0.15) is 0 Å². The zero-order valence-electron chi connectivity index (χ0n) is 13.0. The molecule has 2 heteroatoms. The zero-order valence-corrected chi connectivity index (χ0v) is 13.0. The molecule has 3 rings (SSSR count). The Hall–Kier alpha value is -1.80. The Morgan fingerprint density at radius 3 is 2.48 bits per heavy atom. The number of ether oxygens (including phenoxy) is 1. The van der Waals surface area contributed by atoms with Gasteiger partial charge in [-0.25, -0.2) is 0 Å². The lowest BCUT2D eigenvalue weighted by Gasteiger charge is -2.19. The summed E-state index contributed by atoms with van der Waals surface area (Å²) in [5.41, 5.74) is 11.5. The summed E-state index contributed by atoms with van der Waals surface area (Å²) in [6, 6.07) is 15.0. The summed E-state index contributed by atoms with van der Waals surface area (Å²) in [6.07, 6.45) is 1.17. The van der Waals surface area contributed by atoms with E-state index < -0.39 is 0 Å². The van der Waals surface area contributed by atoms with Crippen molar-refractivity contribution in [3.05, 3.63) is 64.7 Å². The normalized spacial score (nSPS) is 21.9. The fourth-order valence-corrected chi connectivity index (χ4v) is 3.27. The molecule has 1 fully saturated rings. The summed E-state index contributed by atoms with van der Waals surface area (Å²) < 4.78 is 5.62. The van der Waals surface area contributed by atoms with Crippen molar-refractivity contribution in [2.75, 3.05) is 7.11 Å². The molecule has 2 aromatic rings. The van der Waals surface area contributed by atoms with Crippen LogP contribution in [0.5, 0.6) is 5.75 Å². The van der Waals surface area contributed by atoms with Crippen molar-refractivity contribution < 1.29 is 4.74 Å².